The van der Waals surface area contributed by atoms with E-state index in [1.165, 1.54) is 0 Å². The van der Waals surface area contributed by atoms with Crippen LogP contribution in [0.4, 0.5) is 0 Å². The average Bonchev–Trinajstić information content (AvgIpc) is 3.36. The van der Waals surface area contributed by atoms with Crippen LogP contribution in [0.15, 0.2) is 36.4 Å². The lowest BCUT2D eigenvalue weighted by molar-refractivity contribution is -0.132. The number of rotatable bonds is 7. The first-order valence-electron chi connectivity index (χ1n) is 11.6. The summed E-state index contributed by atoms with van der Waals surface area (Å²) in [5.41, 5.74) is 1.68. The molecule has 0 bridgehead atoms. The van der Waals surface area contributed by atoms with Crippen LogP contribution in [0.25, 0.3) is 17.0 Å². The van der Waals surface area contributed by atoms with Gasteiger partial charge >= 0.3 is 0 Å². The van der Waals surface area contributed by atoms with Gasteiger partial charge in [-0.1, -0.05) is 25.1 Å². The molecule has 0 saturated carbocycles. The van der Waals surface area contributed by atoms with Gasteiger partial charge in [0.1, 0.15) is 0 Å². The van der Waals surface area contributed by atoms with Crippen molar-refractivity contribution in [2.24, 2.45) is 0 Å². The van der Waals surface area contributed by atoms with Gasteiger partial charge in [0, 0.05) is 56.3 Å². The SMILES string of the molecule is CCCOc1nc2ccccc2cc1/C=C/C(=O)N1CCN(CC(=O)N2CCCC2)CC1. The van der Waals surface area contributed by atoms with Crippen LogP contribution in [-0.2, 0) is 9.59 Å². The molecule has 0 N–H and O–H groups in total. The molecule has 2 amide bonds. The number of amides is 2. The molecule has 0 atom stereocenters. The van der Waals surface area contributed by atoms with E-state index in [2.05, 4.69) is 16.8 Å². The van der Waals surface area contributed by atoms with Gasteiger partial charge < -0.3 is 14.5 Å². The summed E-state index contributed by atoms with van der Waals surface area (Å²) in [6.07, 6.45) is 6.52. The van der Waals surface area contributed by atoms with E-state index < -0.39 is 0 Å². The van der Waals surface area contributed by atoms with Crippen LogP contribution >= 0.6 is 0 Å². The summed E-state index contributed by atoms with van der Waals surface area (Å²) in [5.74, 6) is 0.746. The van der Waals surface area contributed by atoms with Crippen molar-refractivity contribution in [1.29, 1.82) is 0 Å². The van der Waals surface area contributed by atoms with Crippen LogP contribution < -0.4 is 4.74 Å². The Hall–Kier alpha value is -2.93. The van der Waals surface area contributed by atoms with E-state index in [1.807, 2.05) is 40.1 Å². The summed E-state index contributed by atoms with van der Waals surface area (Å²) in [6.45, 7) is 7.57. The maximum atomic E-state index is 12.8. The Morgan fingerprint density at radius 1 is 1.03 bits per heavy atom. The number of nitrogens with zero attached hydrogens (tertiary/aromatic N) is 4. The van der Waals surface area contributed by atoms with E-state index in [4.69, 9.17) is 4.74 Å². The number of carbonyl (C=O) groups excluding carboxylic acids is 2. The third-order valence-corrected chi connectivity index (χ3v) is 6.07. The fourth-order valence-corrected chi connectivity index (χ4v) is 4.20. The molecular weight excluding hydrogens is 404 g/mol. The highest BCUT2D eigenvalue weighted by Gasteiger charge is 2.24. The van der Waals surface area contributed by atoms with Crippen LogP contribution in [0, 0.1) is 0 Å². The second kappa shape index (κ2) is 10.6. The van der Waals surface area contributed by atoms with Crippen LogP contribution in [0.2, 0.25) is 0 Å². The maximum Gasteiger partial charge on any atom is 0.246 e. The Morgan fingerprint density at radius 2 is 1.78 bits per heavy atom. The summed E-state index contributed by atoms with van der Waals surface area (Å²) >= 11 is 0. The first kappa shape index (κ1) is 22.3. The van der Waals surface area contributed by atoms with Gasteiger partial charge in [0.05, 0.1) is 18.7 Å². The Labute approximate surface area is 189 Å². The number of ether oxygens (including phenoxy) is 1. The number of aromatic nitrogens is 1. The lowest BCUT2D eigenvalue weighted by Gasteiger charge is -2.34. The highest BCUT2D eigenvalue weighted by Crippen LogP contribution is 2.24. The van der Waals surface area contributed by atoms with E-state index in [0.29, 0.717) is 32.1 Å². The Morgan fingerprint density at radius 3 is 2.53 bits per heavy atom. The number of likely N-dealkylation sites (tertiary alicyclic amines) is 1. The number of para-hydroxylation sites is 1. The van der Waals surface area contributed by atoms with Gasteiger partial charge in [-0.15, -0.1) is 0 Å². The van der Waals surface area contributed by atoms with Crippen molar-refractivity contribution >= 4 is 28.8 Å². The van der Waals surface area contributed by atoms with Crippen molar-refractivity contribution in [1.82, 2.24) is 19.7 Å². The van der Waals surface area contributed by atoms with E-state index in [0.717, 1.165) is 61.9 Å². The zero-order valence-corrected chi connectivity index (χ0v) is 18.8. The first-order chi connectivity index (χ1) is 15.6. The van der Waals surface area contributed by atoms with Crippen molar-refractivity contribution in [3.8, 4) is 5.88 Å². The van der Waals surface area contributed by atoms with E-state index in [9.17, 15) is 9.59 Å². The predicted molar refractivity (Wildman–Crippen MR) is 125 cm³/mol. The molecule has 2 fully saturated rings. The number of benzene rings is 1. The zero-order chi connectivity index (χ0) is 22.3. The number of pyridine rings is 1. The maximum absolute atomic E-state index is 12.8. The topological polar surface area (TPSA) is 66.0 Å². The van der Waals surface area contributed by atoms with Crippen LogP contribution in [0.1, 0.15) is 31.7 Å². The van der Waals surface area contributed by atoms with E-state index in [1.54, 1.807) is 12.2 Å². The Bertz CT molecular complexity index is 976. The van der Waals surface area contributed by atoms with E-state index in [-0.39, 0.29) is 11.8 Å². The number of carbonyl (C=O) groups is 2. The summed E-state index contributed by atoms with van der Waals surface area (Å²) in [4.78, 5) is 35.7. The summed E-state index contributed by atoms with van der Waals surface area (Å²) in [5, 5.41) is 1.01. The van der Waals surface area contributed by atoms with Gasteiger partial charge in [-0.3, -0.25) is 14.5 Å². The monoisotopic (exact) mass is 436 g/mol. The summed E-state index contributed by atoms with van der Waals surface area (Å²) in [6, 6.07) is 9.91. The van der Waals surface area contributed by atoms with Crippen LogP contribution in [0.5, 0.6) is 5.88 Å². The molecule has 2 aromatic rings. The molecule has 7 heteroatoms. The van der Waals surface area contributed by atoms with Gasteiger partial charge in [-0.25, -0.2) is 4.98 Å². The van der Waals surface area contributed by atoms with Gasteiger partial charge in [0.15, 0.2) is 0 Å². The highest BCUT2D eigenvalue weighted by molar-refractivity contribution is 5.93. The minimum absolute atomic E-state index is 0.0230. The standard InChI is InChI=1S/C25H32N4O3/c1-2-17-32-25-21(18-20-7-3-4-8-22(20)26-25)9-10-23(30)29-15-13-27(14-16-29)19-24(31)28-11-5-6-12-28/h3-4,7-10,18H,2,5-6,11-17,19H2,1H3/b10-9+. The molecule has 0 spiro atoms. The van der Waals surface area contributed by atoms with Crippen molar-refractivity contribution in [3.63, 3.8) is 0 Å². The van der Waals surface area contributed by atoms with Crippen molar-refractivity contribution in [2.75, 3.05) is 52.4 Å². The third-order valence-electron chi connectivity index (χ3n) is 6.07. The smallest absolute Gasteiger partial charge is 0.246 e. The quantitative estimate of drug-likeness (QED) is 0.625. The highest BCUT2D eigenvalue weighted by atomic mass is 16.5. The number of piperazine rings is 1. The largest absolute Gasteiger partial charge is 0.477 e. The van der Waals surface area contributed by atoms with Gasteiger partial charge in [0.2, 0.25) is 17.7 Å². The molecule has 2 aliphatic heterocycles. The van der Waals surface area contributed by atoms with Gasteiger partial charge in [0.25, 0.3) is 0 Å². The Balaban J connectivity index is 1.36. The normalized spacial score (nSPS) is 17.4. The molecule has 7 nitrogen and oxygen atoms in total. The fourth-order valence-electron chi connectivity index (χ4n) is 4.20. The van der Waals surface area contributed by atoms with Crippen molar-refractivity contribution in [2.45, 2.75) is 26.2 Å². The molecule has 4 rings (SSSR count). The van der Waals surface area contributed by atoms with Crippen molar-refractivity contribution < 1.29 is 14.3 Å². The summed E-state index contributed by atoms with van der Waals surface area (Å²) in [7, 11) is 0. The van der Waals surface area contributed by atoms with E-state index >= 15 is 0 Å². The molecular formula is C25H32N4O3. The fraction of sp³-hybridized carbons (Fsp3) is 0.480. The molecule has 0 aliphatic carbocycles. The zero-order valence-electron chi connectivity index (χ0n) is 18.8. The molecule has 0 radical (unpaired) electrons. The molecule has 170 valence electrons. The average molecular weight is 437 g/mol. The lowest BCUT2D eigenvalue weighted by atomic mass is 10.1. The van der Waals surface area contributed by atoms with Gasteiger partial charge in [-0.2, -0.15) is 0 Å². The van der Waals surface area contributed by atoms with Crippen molar-refractivity contribution in [3.05, 3.63) is 42.0 Å². The van der Waals surface area contributed by atoms with Gasteiger partial charge in [-0.05, 0) is 37.5 Å². The predicted octanol–water partition coefficient (Wildman–Crippen LogP) is 2.80. The first-order valence-corrected chi connectivity index (χ1v) is 11.6. The second-order valence-electron chi connectivity index (χ2n) is 8.45. The molecule has 2 aliphatic rings. The summed E-state index contributed by atoms with van der Waals surface area (Å²) < 4.78 is 5.84. The molecule has 2 saturated heterocycles. The molecule has 0 unspecified atom stereocenters. The van der Waals surface area contributed by atoms with Crippen LogP contribution in [0.3, 0.4) is 0 Å². The number of hydrogen-bond acceptors (Lipinski definition) is 5. The molecule has 1 aromatic heterocycles. The second-order valence-corrected chi connectivity index (χ2v) is 8.45. The number of hydrogen-bond donors (Lipinski definition) is 0. The molecule has 1 aromatic carbocycles. The Kier molecular flexibility index (Phi) is 7.37. The van der Waals surface area contributed by atoms with Crippen LogP contribution in [-0.4, -0.2) is 83.9 Å². The molecule has 32 heavy (non-hydrogen) atoms. The minimum atomic E-state index is -0.0230. The number of fused-ring (bicyclic) bond motifs is 1. The molecule has 3 heterocycles. The minimum Gasteiger partial charge on any atom is -0.477 e. The lowest BCUT2D eigenvalue weighted by Crippen LogP contribution is -2.51. The third kappa shape index (κ3) is 5.46.